The molecule has 2 N–H and O–H groups in total. The molecule has 1 aliphatic rings. The highest BCUT2D eigenvalue weighted by atomic mass is 32.1. The highest BCUT2D eigenvalue weighted by Crippen LogP contribution is 2.26. The normalized spacial score (nSPS) is 18.5. The molecule has 0 saturated carbocycles. The molecular weight excluding hydrogens is 296 g/mol. The fourth-order valence-corrected chi connectivity index (χ4v) is 3.41. The fourth-order valence-electron chi connectivity index (χ4n) is 2.51. The minimum Gasteiger partial charge on any atom is -0.340 e. The summed E-state index contributed by atoms with van der Waals surface area (Å²) in [5.41, 5.74) is 6.96. The Morgan fingerprint density at radius 2 is 2.00 bits per heavy atom. The average Bonchev–Trinajstić information content (AvgIpc) is 2.87. The maximum atomic E-state index is 12.0. The molecule has 0 spiro atoms. The van der Waals surface area contributed by atoms with Crippen LogP contribution in [0.4, 0.5) is 0 Å². The summed E-state index contributed by atoms with van der Waals surface area (Å²) in [5.74, 6) is 0.179. The van der Waals surface area contributed by atoms with E-state index in [2.05, 4.69) is 31.1 Å². The number of carbonyl (C=O) groups is 1. The Hall–Kier alpha value is -0.980. The fraction of sp³-hybridized carbons (Fsp3) is 0.750. The van der Waals surface area contributed by atoms with Crippen LogP contribution in [0.15, 0.2) is 5.38 Å². The highest BCUT2D eigenvalue weighted by molar-refractivity contribution is 7.09. The first-order chi connectivity index (χ1) is 10.3. The van der Waals surface area contributed by atoms with Gasteiger partial charge in [0.25, 0.3) is 0 Å². The van der Waals surface area contributed by atoms with Gasteiger partial charge in [0.1, 0.15) is 0 Å². The molecule has 1 saturated heterocycles. The molecule has 0 radical (unpaired) electrons. The number of rotatable bonds is 4. The van der Waals surface area contributed by atoms with Gasteiger partial charge >= 0.3 is 0 Å². The largest absolute Gasteiger partial charge is 0.340 e. The van der Waals surface area contributed by atoms with Crippen molar-refractivity contribution in [2.75, 3.05) is 26.2 Å². The van der Waals surface area contributed by atoms with Gasteiger partial charge in [0.2, 0.25) is 5.91 Å². The van der Waals surface area contributed by atoms with Crippen molar-refractivity contribution in [1.82, 2.24) is 14.8 Å². The molecule has 1 atom stereocenters. The van der Waals surface area contributed by atoms with Crippen molar-refractivity contribution in [3.05, 3.63) is 16.1 Å². The first-order valence-corrected chi connectivity index (χ1v) is 8.84. The molecule has 1 unspecified atom stereocenters. The molecule has 0 aliphatic carbocycles. The summed E-state index contributed by atoms with van der Waals surface area (Å²) >= 11 is 1.74. The van der Waals surface area contributed by atoms with Crippen LogP contribution in [0, 0.1) is 0 Å². The van der Waals surface area contributed by atoms with Crippen LogP contribution in [-0.2, 0) is 16.8 Å². The van der Waals surface area contributed by atoms with Gasteiger partial charge in [-0.2, -0.15) is 0 Å². The van der Waals surface area contributed by atoms with Gasteiger partial charge in [-0.05, 0) is 6.92 Å². The summed E-state index contributed by atoms with van der Waals surface area (Å²) in [5, 5.41) is 3.35. The van der Waals surface area contributed by atoms with Crippen LogP contribution in [-0.4, -0.2) is 52.9 Å². The number of thiazole rings is 1. The number of piperazine rings is 1. The van der Waals surface area contributed by atoms with E-state index in [1.807, 2.05) is 11.8 Å². The Morgan fingerprint density at radius 3 is 2.50 bits per heavy atom. The van der Waals surface area contributed by atoms with Gasteiger partial charge in [0.05, 0.1) is 10.7 Å². The second-order valence-corrected chi connectivity index (χ2v) is 8.09. The monoisotopic (exact) mass is 324 g/mol. The summed E-state index contributed by atoms with van der Waals surface area (Å²) in [4.78, 5) is 21.1. The van der Waals surface area contributed by atoms with Gasteiger partial charge in [0.15, 0.2) is 0 Å². The Labute approximate surface area is 137 Å². The zero-order chi connectivity index (χ0) is 16.3. The number of hydrogen-bond acceptors (Lipinski definition) is 5. The second-order valence-electron chi connectivity index (χ2n) is 7.23. The predicted octanol–water partition coefficient (Wildman–Crippen LogP) is 1.82. The van der Waals surface area contributed by atoms with E-state index in [0.717, 1.165) is 38.4 Å². The molecular formula is C16H28N4OS. The Morgan fingerprint density at radius 1 is 1.36 bits per heavy atom. The average molecular weight is 324 g/mol. The third kappa shape index (κ3) is 4.76. The zero-order valence-electron chi connectivity index (χ0n) is 14.1. The molecule has 2 heterocycles. The molecule has 0 bridgehead atoms. The van der Waals surface area contributed by atoms with Gasteiger partial charge in [0, 0.05) is 56.0 Å². The van der Waals surface area contributed by atoms with E-state index in [9.17, 15) is 4.79 Å². The highest BCUT2D eigenvalue weighted by Gasteiger charge is 2.23. The lowest BCUT2D eigenvalue weighted by Gasteiger charge is -2.34. The lowest BCUT2D eigenvalue weighted by Crippen LogP contribution is -2.49. The van der Waals surface area contributed by atoms with Crippen LogP contribution >= 0.6 is 11.3 Å². The predicted molar refractivity (Wildman–Crippen MR) is 90.9 cm³/mol. The molecule has 2 rings (SSSR count). The summed E-state index contributed by atoms with van der Waals surface area (Å²) in [6.07, 6.45) is 0.445. The van der Waals surface area contributed by atoms with Crippen molar-refractivity contribution in [1.29, 1.82) is 0 Å². The standard InChI is InChI=1S/C16H28N4OS/c1-12(17)9-14(21)20-7-5-19(6-8-20)10-13-11-22-15(18-13)16(2,3)4/h11-12H,5-10,17H2,1-4H3. The molecule has 5 nitrogen and oxygen atoms in total. The topological polar surface area (TPSA) is 62.5 Å². The molecule has 124 valence electrons. The van der Waals surface area contributed by atoms with E-state index in [1.165, 1.54) is 5.01 Å². The minimum absolute atomic E-state index is 0.0589. The van der Waals surface area contributed by atoms with Crippen LogP contribution < -0.4 is 5.73 Å². The van der Waals surface area contributed by atoms with Gasteiger partial charge in [-0.3, -0.25) is 9.69 Å². The summed E-state index contributed by atoms with van der Waals surface area (Å²) in [6, 6.07) is -0.0589. The summed E-state index contributed by atoms with van der Waals surface area (Å²) in [6.45, 7) is 12.7. The van der Waals surface area contributed by atoms with Gasteiger partial charge in [-0.15, -0.1) is 11.3 Å². The number of aromatic nitrogens is 1. The number of nitrogens with two attached hydrogens (primary N) is 1. The maximum absolute atomic E-state index is 12.0. The molecule has 1 amide bonds. The Bertz CT molecular complexity index is 498. The molecule has 1 aromatic rings. The molecule has 1 aromatic heterocycles. The molecule has 0 aromatic carbocycles. The van der Waals surface area contributed by atoms with Crippen molar-refractivity contribution in [3.63, 3.8) is 0 Å². The lowest BCUT2D eigenvalue weighted by atomic mass is 9.98. The van der Waals surface area contributed by atoms with Gasteiger partial charge in [-0.25, -0.2) is 4.98 Å². The van der Waals surface area contributed by atoms with Crippen molar-refractivity contribution in [3.8, 4) is 0 Å². The smallest absolute Gasteiger partial charge is 0.224 e. The van der Waals surface area contributed by atoms with Crippen LogP contribution in [0.5, 0.6) is 0 Å². The van der Waals surface area contributed by atoms with Crippen LogP contribution in [0.2, 0.25) is 0 Å². The van der Waals surface area contributed by atoms with Crippen molar-refractivity contribution in [2.45, 2.75) is 52.1 Å². The first-order valence-electron chi connectivity index (χ1n) is 7.96. The Kier molecular flexibility index (Phi) is 5.58. The minimum atomic E-state index is -0.0589. The van der Waals surface area contributed by atoms with E-state index in [-0.39, 0.29) is 17.4 Å². The lowest BCUT2D eigenvalue weighted by molar-refractivity contribution is -0.133. The van der Waals surface area contributed by atoms with Gasteiger partial charge < -0.3 is 10.6 Å². The number of hydrogen-bond donors (Lipinski definition) is 1. The SMILES string of the molecule is CC(N)CC(=O)N1CCN(Cc2csc(C(C)(C)C)n2)CC1. The van der Waals surface area contributed by atoms with E-state index in [0.29, 0.717) is 6.42 Å². The third-order valence-corrected chi connectivity index (χ3v) is 5.12. The van der Waals surface area contributed by atoms with Crippen molar-refractivity contribution >= 4 is 17.2 Å². The zero-order valence-corrected chi connectivity index (χ0v) is 14.9. The third-order valence-electron chi connectivity index (χ3n) is 3.80. The quantitative estimate of drug-likeness (QED) is 0.918. The number of amides is 1. The van der Waals surface area contributed by atoms with Crippen LogP contribution in [0.1, 0.15) is 44.8 Å². The van der Waals surface area contributed by atoms with E-state index < -0.39 is 0 Å². The molecule has 6 heteroatoms. The molecule has 1 aliphatic heterocycles. The number of carbonyl (C=O) groups excluding carboxylic acids is 1. The molecule has 1 fully saturated rings. The van der Waals surface area contributed by atoms with Gasteiger partial charge in [-0.1, -0.05) is 20.8 Å². The Balaban J connectivity index is 1.82. The van der Waals surface area contributed by atoms with E-state index in [4.69, 9.17) is 10.7 Å². The van der Waals surface area contributed by atoms with Crippen molar-refractivity contribution in [2.24, 2.45) is 5.73 Å². The van der Waals surface area contributed by atoms with Crippen LogP contribution in [0.25, 0.3) is 0 Å². The molecule has 22 heavy (non-hydrogen) atoms. The maximum Gasteiger partial charge on any atom is 0.224 e. The van der Waals surface area contributed by atoms with E-state index >= 15 is 0 Å². The van der Waals surface area contributed by atoms with Crippen LogP contribution in [0.3, 0.4) is 0 Å². The summed E-state index contributed by atoms with van der Waals surface area (Å²) in [7, 11) is 0. The summed E-state index contributed by atoms with van der Waals surface area (Å²) < 4.78 is 0. The first kappa shape index (κ1) is 17.4. The second kappa shape index (κ2) is 7.06. The van der Waals surface area contributed by atoms with E-state index in [1.54, 1.807) is 11.3 Å². The number of nitrogens with zero attached hydrogens (tertiary/aromatic N) is 3. The van der Waals surface area contributed by atoms with Crippen molar-refractivity contribution < 1.29 is 4.79 Å².